The van der Waals surface area contributed by atoms with Gasteiger partial charge in [0.1, 0.15) is 0 Å². The smallest absolute Gasteiger partial charge is 0.298 e. The number of hydrogen-bond acceptors (Lipinski definition) is 2. The summed E-state index contributed by atoms with van der Waals surface area (Å²) in [6.07, 6.45) is -1.14. The first-order chi connectivity index (χ1) is 6.99. The van der Waals surface area contributed by atoms with Gasteiger partial charge in [-0.15, -0.1) is 0 Å². The number of aldehydes is 1. The first-order valence-corrected chi connectivity index (χ1v) is 4.47. The maximum Gasteiger partial charge on any atom is 0.398 e. The predicted molar refractivity (Wildman–Crippen MR) is 46.6 cm³/mol. The van der Waals surface area contributed by atoms with Gasteiger partial charge in [-0.25, -0.2) is 0 Å². The van der Waals surface area contributed by atoms with Gasteiger partial charge in [-0.1, -0.05) is 0 Å². The molecule has 0 unspecified atom stereocenters. The lowest BCUT2D eigenvalue weighted by Crippen LogP contribution is -2.28. The summed E-state index contributed by atoms with van der Waals surface area (Å²) >= 11 is 0. The molecule has 1 fully saturated rings. The zero-order valence-electron chi connectivity index (χ0n) is 7.71. The van der Waals surface area contributed by atoms with Crippen LogP contribution >= 0.6 is 0 Å². The quantitative estimate of drug-likeness (QED) is 0.709. The first-order valence-electron chi connectivity index (χ1n) is 4.47. The molecule has 1 aliphatic carbocycles. The number of hydrogen-bond donors (Lipinski definition) is 0. The topological polar surface area (TPSA) is 30.0 Å². The standard InChI is InChI=1S/C10H8F3NO/c11-10(12,13)9(1-2-9)8-3-7(6-15)4-14-5-8/h3-6H,1-2H2. The van der Waals surface area contributed by atoms with Crippen LogP contribution in [0.15, 0.2) is 18.5 Å². The first kappa shape index (κ1) is 10.1. The van der Waals surface area contributed by atoms with E-state index in [1.165, 1.54) is 18.5 Å². The number of halogens is 3. The van der Waals surface area contributed by atoms with E-state index in [9.17, 15) is 18.0 Å². The van der Waals surface area contributed by atoms with Crippen LogP contribution in [-0.4, -0.2) is 17.4 Å². The highest BCUT2D eigenvalue weighted by Gasteiger charge is 2.64. The molecule has 0 saturated heterocycles. The molecule has 1 aromatic heterocycles. The molecule has 5 heteroatoms. The average molecular weight is 215 g/mol. The molecule has 1 saturated carbocycles. The minimum absolute atomic E-state index is 0.0838. The van der Waals surface area contributed by atoms with Crippen molar-refractivity contribution >= 4 is 6.29 Å². The average Bonchev–Trinajstić information content (AvgIpc) is 2.97. The Labute approximate surface area is 84.1 Å². The van der Waals surface area contributed by atoms with E-state index in [0.717, 1.165) is 0 Å². The third-order valence-electron chi connectivity index (χ3n) is 2.74. The van der Waals surface area contributed by atoms with Gasteiger partial charge in [0.15, 0.2) is 6.29 Å². The van der Waals surface area contributed by atoms with Crippen LogP contribution in [-0.2, 0) is 5.41 Å². The van der Waals surface area contributed by atoms with Crippen molar-refractivity contribution < 1.29 is 18.0 Å². The molecule has 15 heavy (non-hydrogen) atoms. The molecule has 80 valence electrons. The molecule has 2 rings (SSSR count). The Morgan fingerprint density at radius 1 is 1.33 bits per heavy atom. The fourth-order valence-electron chi connectivity index (χ4n) is 1.64. The van der Waals surface area contributed by atoms with Crippen molar-refractivity contribution in [1.29, 1.82) is 0 Å². The summed E-state index contributed by atoms with van der Waals surface area (Å²) in [6, 6.07) is 1.26. The van der Waals surface area contributed by atoms with Crippen molar-refractivity contribution in [2.45, 2.75) is 24.4 Å². The van der Waals surface area contributed by atoms with Crippen LogP contribution in [0.3, 0.4) is 0 Å². The second-order valence-electron chi connectivity index (χ2n) is 3.70. The van der Waals surface area contributed by atoms with Gasteiger partial charge >= 0.3 is 6.18 Å². The molecule has 0 aliphatic heterocycles. The second kappa shape index (κ2) is 3.05. The Morgan fingerprint density at radius 3 is 2.47 bits per heavy atom. The van der Waals surface area contributed by atoms with Crippen LogP contribution in [0, 0.1) is 0 Å². The SMILES string of the molecule is O=Cc1cncc(C2(C(F)(F)F)CC2)c1. The van der Waals surface area contributed by atoms with Crippen LogP contribution in [0.1, 0.15) is 28.8 Å². The number of carbonyl (C=O) groups excluding carboxylic acids is 1. The highest BCUT2D eigenvalue weighted by Crippen LogP contribution is 2.58. The van der Waals surface area contributed by atoms with Gasteiger partial charge in [-0.05, 0) is 24.5 Å². The Kier molecular flexibility index (Phi) is 2.06. The minimum atomic E-state index is -4.25. The molecular weight excluding hydrogens is 207 g/mol. The lowest BCUT2D eigenvalue weighted by Gasteiger charge is -2.19. The summed E-state index contributed by atoms with van der Waals surface area (Å²) in [4.78, 5) is 14.1. The van der Waals surface area contributed by atoms with Gasteiger partial charge < -0.3 is 0 Å². The Bertz CT molecular complexity index is 396. The molecule has 0 bridgehead atoms. The van der Waals surface area contributed by atoms with E-state index in [1.807, 2.05) is 0 Å². The third-order valence-corrected chi connectivity index (χ3v) is 2.74. The summed E-state index contributed by atoms with van der Waals surface area (Å²) in [6.45, 7) is 0. The van der Waals surface area contributed by atoms with Crippen LogP contribution in [0.2, 0.25) is 0 Å². The molecule has 1 aromatic rings. The predicted octanol–water partition coefficient (Wildman–Crippen LogP) is 2.49. The third kappa shape index (κ3) is 1.52. The molecule has 0 radical (unpaired) electrons. The number of rotatable bonds is 2. The maximum absolute atomic E-state index is 12.7. The highest BCUT2D eigenvalue weighted by molar-refractivity contribution is 5.74. The van der Waals surface area contributed by atoms with Gasteiger partial charge in [-0.3, -0.25) is 9.78 Å². The zero-order valence-corrected chi connectivity index (χ0v) is 7.71. The van der Waals surface area contributed by atoms with Crippen molar-refractivity contribution in [2.75, 3.05) is 0 Å². The Morgan fingerprint density at radius 2 is 2.00 bits per heavy atom. The monoisotopic (exact) mass is 215 g/mol. The van der Waals surface area contributed by atoms with Gasteiger partial charge in [0, 0.05) is 18.0 Å². The number of carbonyl (C=O) groups is 1. The Hall–Kier alpha value is -1.39. The molecule has 0 spiro atoms. The van der Waals surface area contributed by atoms with E-state index in [-0.39, 0.29) is 24.0 Å². The van der Waals surface area contributed by atoms with E-state index in [1.54, 1.807) is 0 Å². The Balaban J connectivity index is 2.42. The van der Waals surface area contributed by atoms with Gasteiger partial charge in [0.25, 0.3) is 0 Å². The molecular formula is C10H8F3NO. The summed E-state index contributed by atoms with van der Waals surface area (Å²) in [7, 11) is 0. The number of nitrogens with zero attached hydrogens (tertiary/aromatic N) is 1. The van der Waals surface area contributed by atoms with E-state index in [4.69, 9.17) is 0 Å². The van der Waals surface area contributed by atoms with E-state index in [0.29, 0.717) is 6.29 Å². The number of alkyl halides is 3. The fraction of sp³-hybridized carbons (Fsp3) is 0.400. The molecule has 0 aromatic carbocycles. The molecule has 0 amide bonds. The van der Waals surface area contributed by atoms with Crippen molar-refractivity contribution in [3.05, 3.63) is 29.6 Å². The van der Waals surface area contributed by atoms with Crippen molar-refractivity contribution in [3.63, 3.8) is 0 Å². The normalized spacial score (nSPS) is 18.6. The molecule has 0 N–H and O–H groups in total. The summed E-state index contributed by atoms with van der Waals surface area (Å²) in [5.74, 6) is 0. The van der Waals surface area contributed by atoms with E-state index < -0.39 is 11.6 Å². The fourth-order valence-corrected chi connectivity index (χ4v) is 1.64. The van der Waals surface area contributed by atoms with E-state index in [2.05, 4.69) is 4.98 Å². The van der Waals surface area contributed by atoms with Crippen molar-refractivity contribution in [3.8, 4) is 0 Å². The summed E-state index contributed by atoms with van der Waals surface area (Å²) in [5, 5.41) is 0. The van der Waals surface area contributed by atoms with E-state index >= 15 is 0 Å². The highest BCUT2D eigenvalue weighted by atomic mass is 19.4. The summed E-state index contributed by atoms with van der Waals surface area (Å²) < 4.78 is 38.1. The lowest BCUT2D eigenvalue weighted by atomic mass is 9.96. The number of pyridine rings is 1. The van der Waals surface area contributed by atoms with Crippen LogP contribution < -0.4 is 0 Å². The molecule has 0 atom stereocenters. The van der Waals surface area contributed by atoms with Gasteiger partial charge in [-0.2, -0.15) is 13.2 Å². The van der Waals surface area contributed by atoms with Crippen molar-refractivity contribution in [2.24, 2.45) is 0 Å². The largest absolute Gasteiger partial charge is 0.398 e. The van der Waals surface area contributed by atoms with Crippen LogP contribution in [0.25, 0.3) is 0 Å². The van der Waals surface area contributed by atoms with Gasteiger partial charge in [0.2, 0.25) is 0 Å². The lowest BCUT2D eigenvalue weighted by molar-refractivity contribution is -0.160. The maximum atomic E-state index is 12.7. The molecule has 1 aliphatic rings. The van der Waals surface area contributed by atoms with Gasteiger partial charge in [0.05, 0.1) is 5.41 Å². The second-order valence-corrected chi connectivity index (χ2v) is 3.70. The number of aromatic nitrogens is 1. The van der Waals surface area contributed by atoms with Crippen LogP contribution in [0.5, 0.6) is 0 Å². The summed E-state index contributed by atoms with van der Waals surface area (Å²) in [5.41, 5.74) is -1.47. The minimum Gasteiger partial charge on any atom is -0.298 e. The van der Waals surface area contributed by atoms with Crippen LogP contribution in [0.4, 0.5) is 13.2 Å². The molecule has 2 nitrogen and oxygen atoms in total. The molecule has 1 heterocycles. The zero-order chi connectivity index (χ0) is 11.1. The van der Waals surface area contributed by atoms with Crippen molar-refractivity contribution in [1.82, 2.24) is 4.98 Å².